The number of likely N-dealkylation sites (N-methyl/N-ethyl adjacent to an activating group) is 1. The molecule has 0 aliphatic heterocycles. The van der Waals surface area contributed by atoms with E-state index in [1.165, 1.54) is 0 Å². The van der Waals surface area contributed by atoms with E-state index < -0.39 is 0 Å². The fraction of sp³-hybridized carbons (Fsp3) is 0.538. The Balaban J connectivity index is 2.54. The van der Waals surface area contributed by atoms with Gasteiger partial charge in [-0.25, -0.2) is 4.98 Å². The molecule has 0 aliphatic carbocycles. The Hall–Kier alpha value is -1.13. The molecule has 0 aliphatic rings. The molecule has 0 radical (unpaired) electrons. The van der Waals surface area contributed by atoms with Crippen LogP contribution in [0.4, 0.5) is 0 Å². The number of hydrogen-bond donors (Lipinski definition) is 1. The summed E-state index contributed by atoms with van der Waals surface area (Å²) in [6.07, 6.45) is 0. The van der Waals surface area contributed by atoms with Gasteiger partial charge in [0.1, 0.15) is 10.8 Å². The van der Waals surface area contributed by atoms with Crippen molar-refractivity contribution in [2.45, 2.75) is 26.8 Å². The molecule has 0 saturated carbocycles. The molecule has 100 valence electrons. The van der Waals surface area contributed by atoms with Crippen LogP contribution in [0.3, 0.4) is 0 Å². The van der Waals surface area contributed by atoms with E-state index in [9.17, 15) is 4.79 Å². The zero-order valence-corrected chi connectivity index (χ0v) is 11.9. The van der Waals surface area contributed by atoms with Crippen LogP contribution in [0, 0.1) is 0 Å². The molecule has 4 nitrogen and oxygen atoms in total. The first-order chi connectivity index (χ1) is 8.56. The largest absolute Gasteiger partial charge is 0.347 e. The quantitative estimate of drug-likeness (QED) is 0.806. The minimum atomic E-state index is -0.183. The zero-order valence-electron chi connectivity index (χ0n) is 11.1. The summed E-state index contributed by atoms with van der Waals surface area (Å²) in [6.45, 7) is 8.99. The minimum absolute atomic E-state index is 0.0816. The lowest BCUT2D eigenvalue weighted by atomic mass is 10.2. The second-order valence-electron chi connectivity index (χ2n) is 4.21. The molecule has 5 heteroatoms. The number of aromatic nitrogens is 1. The Bertz CT molecular complexity index is 394. The maximum absolute atomic E-state index is 11.9. The topological polar surface area (TPSA) is 45.2 Å². The van der Waals surface area contributed by atoms with Crippen LogP contribution in [0.15, 0.2) is 18.2 Å². The summed E-state index contributed by atoms with van der Waals surface area (Å²) in [5, 5.41) is 3.25. The summed E-state index contributed by atoms with van der Waals surface area (Å²) in [5.41, 5.74) is 0.355. The third-order valence-corrected chi connectivity index (χ3v) is 2.96. The van der Waals surface area contributed by atoms with E-state index in [2.05, 4.69) is 29.0 Å². The van der Waals surface area contributed by atoms with Gasteiger partial charge in [-0.2, -0.15) is 0 Å². The van der Waals surface area contributed by atoms with Crippen LogP contribution >= 0.6 is 11.6 Å². The zero-order chi connectivity index (χ0) is 13.5. The summed E-state index contributed by atoms with van der Waals surface area (Å²) in [7, 11) is 0. The van der Waals surface area contributed by atoms with Crippen LogP contribution in [0.5, 0.6) is 0 Å². The van der Waals surface area contributed by atoms with E-state index in [0.717, 1.165) is 19.6 Å². The Kier molecular flexibility index (Phi) is 6.09. The van der Waals surface area contributed by atoms with Crippen LogP contribution in [0.2, 0.25) is 5.15 Å². The third kappa shape index (κ3) is 4.63. The molecular formula is C13H20ClN3O. The smallest absolute Gasteiger partial charge is 0.270 e. The molecule has 0 fully saturated rings. The van der Waals surface area contributed by atoms with Gasteiger partial charge in [-0.3, -0.25) is 4.79 Å². The van der Waals surface area contributed by atoms with Crippen molar-refractivity contribution in [3.63, 3.8) is 0 Å². The average Bonchev–Trinajstić information content (AvgIpc) is 2.35. The normalized spacial score (nSPS) is 12.5. The number of nitrogens with one attached hydrogen (secondary N) is 1. The highest BCUT2D eigenvalue weighted by Gasteiger charge is 2.13. The Morgan fingerprint density at radius 3 is 2.67 bits per heavy atom. The van der Waals surface area contributed by atoms with E-state index in [4.69, 9.17) is 11.6 Å². The molecular weight excluding hydrogens is 250 g/mol. The highest BCUT2D eigenvalue weighted by molar-refractivity contribution is 6.29. The van der Waals surface area contributed by atoms with Crippen LogP contribution in [-0.4, -0.2) is 41.5 Å². The highest BCUT2D eigenvalue weighted by atomic mass is 35.5. The van der Waals surface area contributed by atoms with Crippen LogP contribution < -0.4 is 5.32 Å². The van der Waals surface area contributed by atoms with Gasteiger partial charge in [0.05, 0.1) is 0 Å². The molecule has 1 rings (SSSR count). The van der Waals surface area contributed by atoms with Crippen LogP contribution in [0.25, 0.3) is 0 Å². The Morgan fingerprint density at radius 2 is 2.11 bits per heavy atom. The van der Waals surface area contributed by atoms with Crippen molar-refractivity contribution >= 4 is 17.5 Å². The fourth-order valence-electron chi connectivity index (χ4n) is 1.75. The first-order valence-corrected chi connectivity index (χ1v) is 6.60. The van der Waals surface area contributed by atoms with Gasteiger partial charge in [0.2, 0.25) is 0 Å². The average molecular weight is 270 g/mol. The van der Waals surface area contributed by atoms with Crippen molar-refractivity contribution in [2.24, 2.45) is 0 Å². The van der Waals surface area contributed by atoms with Crippen molar-refractivity contribution < 1.29 is 4.79 Å². The lowest BCUT2D eigenvalue weighted by Gasteiger charge is -2.23. The molecule has 1 atom stereocenters. The van der Waals surface area contributed by atoms with Gasteiger partial charge in [0.25, 0.3) is 5.91 Å². The maximum atomic E-state index is 11.9. The molecule has 1 N–H and O–H groups in total. The molecule has 0 aromatic carbocycles. The minimum Gasteiger partial charge on any atom is -0.347 e. The summed E-state index contributed by atoms with van der Waals surface area (Å²) in [5.74, 6) is -0.183. The number of halogens is 1. The van der Waals surface area contributed by atoms with E-state index in [-0.39, 0.29) is 11.9 Å². The molecule has 0 saturated heterocycles. The number of carbonyl (C=O) groups is 1. The number of hydrogen-bond acceptors (Lipinski definition) is 3. The maximum Gasteiger partial charge on any atom is 0.270 e. The molecule has 0 spiro atoms. The van der Waals surface area contributed by atoms with Gasteiger partial charge < -0.3 is 10.2 Å². The number of carbonyl (C=O) groups excluding carboxylic acids is 1. The molecule has 1 unspecified atom stereocenters. The number of pyridine rings is 1. The second kappa shape index (κ2) is 7.34. The van der Waals surface area contributed by atoms with Crippen molar-refractivity contribution in [2.75, 3.05) is 19.6 Å². The molecule has 18 heavy (non-hydrogen) atoms. The molecule has 1 heterocycles. The van der Waals surface area contributed by atoms with Crippen molar-refractivity contribution in [1.82, 2.24) is 15.2 Å². The van der Waals surface area contributed by atoms with E-state index in [1.807, 2.05) is 6.92 Å². The Morgan fingerprint density at radius 1 is 1.44 bits per heavy atom. The Labute approximate surface area is 113 Å². The monoisotopic (exact) mass is 269 g/mol. The van der Waals surface area contributed by atoms with Gasteiger partial charge >= 0.3 is 0 Å². The van der Waals surface area contributed by atoms with Crippen LogP contribution in [0.1, 0.15) is 31.3 Å². The molecule has 0 bridgehead atoms. The first-order valence-electron chi connectivity index (χ1n) is 6.22. The van der Waals surface area contributed by atoms with Crippen molar-refractivity contribution in [3.8, 4) is 0 Å². The summed E-state index contributed by atoms with van der Waals surface area (Å²) < 4.78 is 0. The highest BCUT2D eigenvalue weighted by Crippen LogP contribution is 2.05. The molecule has 1 amide bonds. The van der Waals surface area contributed by atoms with E-state index in [0.29, 0.717) is 10.8 Å². The lowest BCUT2D eigenvalue weighted by molar-refractivity contribution is 0.0925. The second-order valence-corrected chi connectivity index (χ2v) is 4.59. The number of amides is 1. The standard InChI is InChI=1S/C13H20ClN3O/c1-4-17(5-2)9-10(3)15-13(18)11-7-6-8-12(14)16-11/h6-8,10H,4-5,9H2,1-3H3,(H,15,18). The van der Waals surface area contributed by atoms with Gasteiger partial charge in [-0.15, -0.1) is 0 Å². The van der Waals surface area contributed by atoms with Crippen molar-refractivity contribution in [3.05, 3.63) is 29.0 Å². The van der Waals surface area contributed by atoms with E-state index in [1.54, 1.807) is 18.2 Å². The van der Waals surface area contributed by atoms with Gasteiger partial charge in [0, 0.05) is 12.6 Å². The van der Waals surface area contributed by atoms with Crippen LogP contribution in [-0.2, 0) is 0 Å². The van der Waals surface area contributed by atoms with Crippen molar-refractivity contribution in [1.29, 1.82) is 0 Å². The lowest BCUT2D eigenvalue weighted by Crippen LogP contribution is -2.42. The third-order valence-electron chi connectivity index (χ3n) is 2.75. The predicted octanol–water partition coefficient (Wildman–Crippen LogP) is 2.20. The summed E-state index contributed by atoms with van der Waals surface area (Å²) in [6, 6.07) is 5.11. The van der Waals surface area contributed by atoms with E-state index >= 15 is 0 Å². The number of nitrogens with zero attached hydrogens (tertiary/aromatic N) is 2. The van der Waals surface area contributed by atoms with Gasteiger partial charge in [-0.05, 0) is 32.1 Å². The first kappa shape index (κ1) is 14.9. The molecule has 1 aromatic rings. The molecule has 1 aromatic heterocycles. The SMILES string of the molecule is CCN(CC)CC(C)NC(=O)c1cccc(Cl)n1. The fourth-order valence-corrected chi connectivity index (χ4v) is 1.91. The van der Waals surface area contributed by atoms with Gasteiger partial charge in [0.15, 0.2) is 0 Å². The van der Waals surface area contributed by atoms with Gasteiger partial charge in [-0.1, -0.05) is 31.5 Å². The summed E-state index contributed by atoms with van der Waals surface area (Å²) in [4.78, 5) is 18.2. The summed E-state index contributed by atoms with van der Waals surface area (Å²) >= 11 is 5.76. The predicted molar refractivity (Wildman–Crippen MR) is 74.0 cm³/mol. The number of rotatable bonds is 6.